The molecular formula is C17H18OS2. The lowest BCUT2D eigenvalue weighted by molar-refractivity contribution is 0.220. The SMILES string of the molecule is OC(c1ccccc1)c1ccc(C2CSCCS2)cc1. The molecule has 0 bridgehead atoms. The molecule has 1 N–H and O–H groups in total. The summed E-state index contributed by atoms with van der Waals surface area (Å²) in [7, 11) is 0. The maximum absolute atomic E-state index is 10.4. The first kappa shape index (κ1) is 14.1. The summed E-state index contributed by atoms with van der Waals surface area (Å²) in [6.07, 6.45) is -0.529. The average Bonchev–Trinajstić information content (AvgIpc) is 2.56. The molecule has 3 rings (SSSR count). The second kappa shape index (κ2) is 6.70. The van der Waals surface area contributed by atoms with Crippen molar-refractivity contribution >= 4 is 23.5 Å². The van der Waals surface area contributed by atoms with Crippen LogP contribution in [0, 0.1) is 0 Å². The third kappa shape index (κ3) is 3.22. The van der Waals surface area contributed by atoms with Gasteiger partial charge in [-0.15, -0.1) is 0 Å². The van der Waals surface area contributed by atoms with Crippen LogP contribution in [-0.4, -0.2) is 22.4 Å². The molecule has 2 unspecified atom stereocenters. The molecular weight excluding hydrogens is 284 g/mol. The van der Waals surface area contributed by atoms with Crippen LogP contribution in [0.2, 0.25) is 0 Å². The van der Waals surface area contributed by atoms with Gasteiger partial charge in [0.25, 0.3) is 0 Å². The molecule has 1 aliphatic rings. The van der Waals surface area contributed by atoms with Gasteiger partial charge in [0.15, 0.2) is 0 Å². The third-order valence-electron chi connectivity index (χ3n) is 3.56. The van der Waals surface area contributed by atoms with Crippen molar-refractivity contribution in [2.45, 2.75) is 11.4 Å². The van der Waals surface area contributed by atoms with Gasteiger partial charge in [0.1, 0.15) is 6.10 Å². The first-order valence-corrected chi connectivity index (χ1v) is 9.07. The lowest BCUT2D eigenvalue weighted by Gasteiger charge is -2.21. The lowest BCUT2D eigenvalue weighted by Crippen LogP contribution is -2.07. The number of benzene rings is 2. The van der Waals surface area contributed by atoms with E-state index in [1.165, 1.54) is 22.8 Å². The van der Waals surface area contributed by atoms with E-state index in [4.69, 9.17) is 0 Å². The molecule has 0 aromatic heterocycles. The molecule has 2 aromatic rings. The second-order valence-corrected chi connectivity index (χ2v) is 7.37. The van der Waals surface area contributed by atoms with E-state index in [0.29, 0.717) is 5.25 Å². The largest absolute Gasteiger partial charge is 0.384 e. The molecule has 104 valence electrons. The van der Waals surface area contributed by atoms with Gasteiger partial charge in [0, 0.05) is 22.5 Å². The third-order valence-corrected chi connectivity index (χ3v) is 6.37. The number of hydrogen-bond acceptors (Lipinski definition) is 3. The molecule has 0 aliphatic carbocycles. The highest BCUT2D eigenvalue weighted by Crippen LogP contribution is 2.37. The Bertz CT molecular complexity index is 533. The van der Waals surface area contributed by atoms with Crippen LogP contribution in [0.25, 0.3) is 0 Å². The quantitative estimate of drug-likeness (QED) is 0.913. The number of hydrogen-bond donors (Lipinski definition) is 1. The van der Waals surface area contributed by atoms with Gasteiger partial charge in [-0.1, -0.05) is 54.6 Å². The maximum Gasteiger partial charge on any atom is 0.104 e. The van der Waals surface area contributed by atoms with E-state index in [1.807, 2.05) is 53.9 Å². The standard InChI is InChI=1S/C17H18OS2/c18-17(14-4-2-1-3-5-14)15-8-6-13(7-9-15)16-12-19-10-11-20-16/h1-9,16-18H,10-12H2. The number of aliphatic hydroxyl groups is 1. The fraction of sp³-hybridized carbons (Fsp3) is 0.294. The second-order valence-electron chi connectivity index (χ2n) is 4.91. The topological polar surface area (TPSA) is 20.2 Å². The molecule has 1 nitrogen and oxygen atoms in total. The normalized spacial score (nSPS) is 20.6. The van der Waals surface area contributed by atoms with E-state index in [2.05, 4.69) is 24.3 Å². The number of rotatable bonds is 3. The molecule has 0 saturated carbocycles. The van der Waals surface area contributed by atoms with E-state index in [9.17, 15) is 5.11 Å². The van der Waals surface area contributed by atoms with Gasteiger partial charge in [-0.3, -0.25) is 0 Å². The Kier molecular flexibility index (Phi) is 4.71. The van der Waals surface area contributed by atoms with Crippen LogP contribution in [0.1, 0.15) is 28.0 Å². The molecule has 1 saturated heterocycles. The predicted octanol–water partition coefficient (Wildman–Crippen LogP) is 4.29. The van der Waals surface area contributed by atoms with Crippen molar-refractivity contribution in [3.8, 4) is 0 Å². The summed E-state index contributed by atoms with van der Waals surface area (Å²) in [6.45, 7) is 0. The van der Waals surface area contributed by atoms with Crippen molar-refractivity contribution < 1.29 is 5.11 Å². The highest BCUT2D eigenvalue weighted by molar-refractivity contribution is 8.06. The van der Waals surface area contributed by atoms with Gasteiger partial charge in [0.2, 0.25) is 0 Å². The minimum Gasteiger partial charge on any atom is -0.384 e. The molecule has 2 atom stereocenters. The van der Waals surface area contributed by atoms with Crippen LogP contribution in [0.4, 0.5) is 0 Å². The molecule has 0 spiro atoms. The van der Waals surface area contributed by atoms with Crippen LogP contribution < -0.4 is 0 Å². The molecule has 0 radical (unpaired) electrons. The van der Waals surface area contributed by atoms with Crippen LogP contribution in [0.3, 0.4) is 0 Å². The van der Waals surface area contributed by atoms with Gasteiger partial charge in [-0.05, 0) is 16.7 Å². The van der Waals surface area contributed by atoms with Gasteiger partial charge in [-0.2, -0.15) is 23.5 Å². The van der Waals surface area contributed by atoms with Crippen LogP contribution in [-0.2, 0) is 0 Å². The highest BCUT2D eigenvalue weighted by atomic mass is 32.2. The fourth-order valence-electron chi connectivity index (χ4n) is 2.40. The molecule has 3 heteroatoms. The van der Waals surface area contributed by atoms with Crippen molar-refractivity contribution in [2.24, 2.45) is 0 Å². The number of thioether (sulfide) groups is 2. The summed E-state index contributed by atoms with van der Waals surface area (Å²) in [5, 5.41) is 11.0. The summed E-state index contributed by atoms with van der Waals surface area (Å²) < 4.78 is 0. The van der Waals surface area contributed by atoms with Gasteiger partial charge < -0.3 is 5.11 Å². The Morgan fingerprint density at radius 1 is 0.900 bits per heavy atom. The van der Waals surface area contributed by atoms with E-state index in [0.717, 1.165) is 11.1 Å². The first-order valence-electron chi connectivity index (χ1n) is 6.87. The summed E-state index contributed by atoms with van der Waals surface area (Å²) in [4.78, 5) is 0. The first-order chi connectivity index (χ1) is 9.84. The van der Waals surface area contributed by atoms with Crippen molar-refractivity contribution in [3.05, 3.63) is 71.3 Å². The molecule has 1 fully saturated rings. The summed E-state index contributed by atoms with van der Waals surface area (Å²) >= 11 is 4.08. The zero-order valence-corrected chi connectivity index (χ0v) is 12.9. The fourth-order valence-corrected chi connectivity index (χ4v) is 5.14. The van der Waals surface area contributed by atoms with Crippen molar-refractivity contribution in [1.29, 1.82) is 0 Å². The van der Waals surface area contributed by atoms with E-state index >= 15 is 0 Å². The zero-order valence-electron chi connectivity index (χ0n) is 11.2. The maximum atomic E-state index is 10.4. The van der Waals surface area contributed by atoms with Gasteiger partial charge in [-0.25, -0.2) is 0 Å². The van der Waals surface area contributed by atoms with E-state index in [1.54, 1.807) is 0 Å². The van der Waals surface area contributed by atoms with Crippen molar-refractivity contribution in [3.63, 3.8) is 0 Å². The Hall–Kier alpha value is -0.900. The van der Waals surface area contributed by atoms with Gasteiger partial charge >= 0.3 is 0 Å². The highest BCUT2D eigenvalue weighted by Gasteiger charge is 2.17. The van der Waals surface area contributed by atoms with E-state index < -0.39 is 6.10 Å². The monoisotopic (exact) mass is 302 g/mol. The zero-order chi connectivity index (χ0) is 13.8. The Morgan fingerprint density at radius 3 is 2.25 bits per heavy atom. The summed E-state index contributed by atoms with van der Waals surface area (Å²) in [5.74, 6) is 3.71. The molecule has 2 aromatic carbocycles. The van der Waals surface area contributed by atoms with Gasteiger partial charge in [0.05, 0.1) is 0 Å². The predicted molar refractivity (Wildman–Crippen MR) is 89.5 cm³/mol. The molecule has 1 heterocycles. The lowest BCUT2D eigenvalue weighted by atomic mass is 10.00. The average molecular weight is 302 g/mol. The van der Waals surface area contributed by atoms with Crippen LogP contribution in [0.5, 0.6) is 0 Å². The minimum absolute atomic E-state index is 0.529. The smallest absolute Gasteiger partial charge is 0.104 e. The molecule has 1 aliphatic heterocycles. The van der Waals surface area contributed by atoms with Crippen molar-refractivity contribution in [1.82, 2.24) is 0 Å². The molecule has 0 amide bonds. The Morgan fingerprint density at radius 2 is 1.60 bits per heavy atom. The van der Waals surface area contributed by atoms with Crippen LogP contribution >= 0.6 is 23.5 Å². The van der Waals surface area contributed by atoms with Crippen molar-refractivity contribution in [2.75, 3.05) is 17.3 Å². The van der Waals surface area contributed by atoms with Crippen LogP contribution in [0.15, 0.2) is 54.6 Å². The Labute approximate surface area is 128 Å². The number of aliphatic hydroxyl groups excluding tert-OH is 1. The van der Waals surface area contributed by atoms with E-state index in [-0.39, 0.29) is 0 Å². The minimum atomic E-state index is -0.529. The molecule has 20 heavy (non-hydrogen) atoms. The Balaban J connectivity index is 1.75. The summed E-state index contributed by atoms with van der Waals surface area (Å²) in [5.41, 5.74) is 3.29. The summed E-state index contributed by atoms with van der Waals surface area (Å²) in [6, 6.07) is 18.3.